The third-order valence-electron chi connectivity index (χ3n) is 4.67. The molecule has 0 unspecified atom stereocenters. The second kappa shape index (κ2) is 9.11. The molecule has 0 aliphatic rings. The molecule has 2 aromatic heterocycles. The molecule has 0 saturated carbocycles. The predicted octanol–water partition coefficient (Wildman–Crippen LogP) is 3.67. The number of methoxy groups -OCH3 is 2. The molecule has 0 aliphatic heterocycles. The summed E-state index contributed by atoms with van der Waals surface area (Å²) in [7, 11) is 3.20. The van der Waals surface area contributed by atoms with Crippen molar-refractivity contribution >= 4 is 22.4 Å². The summed E-state index contributed by atoms with van der Waals surface area (Å²) >= 11 is 0. The molecule has 0 bridgehead atoms. The number of aromatic nitrogens is 4. The monoisotopic (exact) mass is 416 g/mol. The van der Waals surface area contributed by atoms with Crippen LogP contribution in [-0.2, 0) is 4.74 Å². The SMILES string of the molecule is COCCOc1cc(-c2cncc(C#N)c2Nc2ccc3n[nH]nc3c2)ccc1OC. The van der Waals surface area contributed by atoms with E-state index >= 15 is 0 Å². The number of H-pyrrole nitrogens is 1. The van der Waals surface area contributed by atoms with E-state index in [4.69, 9.17) is 14.2 Å². The Labute approximate surface area is 178 Å². The van der Waals surface area contributed by atoms with E-state index in [1.165, 1.54) is 6.20 Å². The Morgan fingerprint density at radius 2 is 1.87 bits per heavy atom. The molecule has 9 heteroatoms. The Bertz CT molecular complexity index is 1250. The molecule has 0 amide bonds. The Balaban J connectivity index is 1.75. The Morgan fingerprint density at radius 3 is 2.68 bits per heavy atom. The zero-order valence-corrected chi connectivity index (χ0v) is 17.0. The van der Waals surface area contributed by atoms with Crippen LogP contribution in [0.15, 0.2) is 48.8 Å². The van der Waals surface area contributed by atoms with E-state index in [0.29, 0.717) is 36.0 Å². The predicted molar refractivity (Wildman–Crippen MR) is 115 cm³/mol. The van der Waals surface area contributed by atoms with Gasteiger partial charge in [0.25, 0.3) is 0 Å². The van der Waals surface area contributed by atoms with Gasteiger partial charge in [0.1, 0.15) is 23.7 Å². The summed E-state index contributed by atoms with van der Waals surface area (Å²) < 4.78 is 16.3. The summed E-state index contributed by atoms with van der Waals surface area (Å²) in [5, 5.41) is 23.8. The maximum absolute atomic E-state index is 9.67. The summed E-state index contributed by atoms with van der Waals surface area (Å²) in [6.07, 6.45) is 3.23. The Morgan fingerprint density at radius 1 is 1.00 bits per heavy atom. The number of hydrogen-bond donors (Lipinski definition) is 2. The van der Waals surface area contributed by atoms with Crippen molar-refractivity contribution in [1.82, 2.24) is 20.4 Å². The summed E-state index contributed by atoms with van der Waals surface area (Å²) in [6.45, 7) is 0.839. The Kier molecular flexibility index (Phi) is 5.91. The minimum absolute atomic E-state index is 0.385. The number of nitrogens with zero attached hydrogens (tertiary/aromatic N) is 4. The molecule has 156 valence electrons. The first kappa shape index (κ1) is 20.1. The van der Waals surface area contributed by atoms with Crippen LogP contribution in [-0.4, -0.2) is 47.8 Å². The van der Waals surface area contributed by atoms with Crippen molar-refractivity contribution in [3.8, 4) is 28.7 Å². The highest BCUT2D eigenvalue weighted by Gasteiger charge is 2.15. The molecule has 0 aliphatic carbocycles. The van der Waals surface area contributed by atoms with Crippen LogP contribution >= 0.6 is 0 Å². The number of aromatic amines is 1. The van der Waals surface area contributed by atoms with E-state index < -0.39 is 0 Å². The van der Waals surface area contributed by atoms with E-state index in [2.05, 4.69) is 31.8 Å². The molecule has 2 heterocycles. The number of hydrogen-bond acceptors (Lipinski definition) is 8. The smallest absolute Gasteiger partial charge is 0.161 e. The first-order chi connectivity index (χ1) is 15.2. The van der Waals surface area contributed by atoms with Crippen molar-refractivity contribution in [2.75, 3.05) is 32.8 Å². The number of nitriles is 1. The first-order valence-electron chi connectivity index (χ1n) is 9.49. The van der Waals surface area contributed by atoms with Crippen LogP contribution in [0.1, 0.15) is 5.56 Å². The quantitative estimate of drug-likeness (QED) is 0.418. The zero-order chi connectivity index (χ0) is 21.6. The number of anilines is 2. The molecule has 0 saturated heterocycles. The molecule has 9 nitrogen and oxygen atoms in total. The molecule has 2 N–H and O–H groups in total. The standard InChI is InChI=1S/C22H20N6O3/c1-29-7-8-31-21-9-14(3-6-20(21)30-2)17-13-24-12-15(11-23)22(17)25-16-4-5-18-19(10-16)27-28-26-18/h3-6,9-10,12-13H,7-8H2,1-2H3,(H,24,25)(H,26,27,28). The van der Waals surface area contributed by atoms with Gasteiger partial charge in [-0.25, -0.2) is 0 Å². The van der Waals surface area contributed by atoms with Gasteiger partial charge in [-0.05, 0) is 35.9 Å². The normalized spacial score (nSPS) is 10.6. The lowest BCUT2D eigenvalue weighted by Gasteiger charge is -2.16. The van der Waals surface area contributed by atoms with Crippen LogP contribution in [0.5, 0.6) is 11.5 Å². The average molecular weight is 416 g/mol. The molecular formula is C22H20N6O3. The summed E-state index contributed by atoms with van der Waals surface area (Å²) in [5.41, 5.74) is 4.87. The van der Waals surface area contributed by atoms with Gasteiger partial charge in [-0.15, -0.1) is 0 Å². The van der Waals surface area contributed by atoms with E-state index in [0.717, 1.165) is 27.8 Å². The molecular weight excluding hydrogens is 396 g/mol. The van der Waals surface area contributed by atoms with Gasteiger partial charge in [0, 0.05) is 30.8 Å². The summed E-state index contributed by atoms with van der Waals surface area (Å²) in [5.74, 6) is 1.18. The van der Waals surface area contributed by atoms with Gasteiger partial charge < -0.3 is 19.5 Å². The number of pyridine rings is 1. The van der Waals surface area contributed by atoms with Gasteiger partial charge in [-0.3, -0.25) is 4.98 Å². The molecule has 0 atom stereocenters. The van der Waals surface area contributed by atoms with E-state index in [1.54, 1.807) is 20.4 Å². The fourth-order valence-electron chi connectivity index (χ4n) is 3.15. The van der Waals surface area contributed by atoms with Crippen LogP contribution in [0.25, 0.3) is 22.2 Å². The molecule has 4 rings (SSSR count). The number of rotatable bonds is 8. The van der Waals surface area contributed by atoms with Crippen molar-refractivity contribution < 1.29 is 14.2 Å². The number of nitrogens with one attached hydrogen (secondary N) is 2. The molecule has 4 aromatic rings. The minimum Gasteiger partial charge on any atom is -0.493 e. The average Bonchev–Trinajstić information content (AvgIpc) is 3.27. The van der Waals surface area contributed by atoms with Crippen molar-refractivity contribution in [3.05, 3.63) is 54.4 Å². The van der Waals surface area contributed by atoms with Crippen LogP contribution in [0.2, 0.25) is 0 Å². The van der Waals surface area contributed by atoms with Crippen LogP contribution in [0.3, 0.4) is 0 Å². The third-order valence-corrected chi connectivity index (χ3v) is 4.67. The molecule has 2 aromatic carbocycles. The fourth-order valence-corrected chi connectivity index (χ4v) is 3.15. The van der Waals surface area contributed by atoms with Crippen LogP contribution in [0.4, 0.5) is 11.4 Å². The van der Waals surface area contributed by atoms with E-state index in [9.17, 15) is 5.26 Å². The van der Waals surface area contributed by atoms with Gasteiger partial charge in [0.15, 0.2) is 11.5 Å². The van der Waals surface area contributed by atoms with E-state index in [-0.39, 0.29) is 0 Å². The molecule has 0 fully saturated rings. The van der Waals surface area contributed by atoms with Gasteiger partial charge >= 0.3 is 0 Å². The van der Waals surface area contributed by atoms with Gasteiger partial charge in [-0.1, -0.05) is 6.07 Å². The first-order valence-corrected chi connectivity index (χ1v) is 9.49. The second-order valence-corrected chi connectivity index (χ2v) is 6.58. The number of fused-ring (bicyclic) bond motifs is 1. The molecule has 31 heavy (non-hydrogen) atoms. The van der Waals surface area contributed by atoms with Crippen LogP contribution in [0, 0.1) is 11.3 Å². The maximum atomic E-state index is 9.67. The van der Waals surface area contributed by atoms with Crippen LogP contribution < -0.4 is 14.8 Å². The maximum Gasteiger partial charge on any atom is 0.161 e. The number of benzene rings is 2. The second-order valence-electron chi connectivity index (χ2n) is 6.58. The highest BCUT2D eigenvalue weighted by atomic mass is 16.5. The lowest BCUT2D eigenvalue weighted by Crippen LogP contribution is -2.05. The highest BCUT2D eigenvalue weighted by Crippen LogP contribution is 2.37. The summed E-state index contributed by atoms with van der Waals surface area (Å²) in [4.78, 5) is 4.24. The van der Waals surface area contributed by atoms with Gasteiger partial charge in [-0.2, -0.15) is 20.7 Å². The highest BCUT2D eigenvalue weighted by molar-refractivity contribution is 5.87. The lowest BCUT2D eigenvalue weighted by atomic mass is 10.0. The summed E-state index contributed by atoms with van der Waals surface area (Å²) in [6, 6.07) is 13.4. The largest absolute Gasteiger partial charge is 0.493 e. The Hall–Kier alpha value is -4.16. The molecule has 0 radical (unpaired) electrons. The van der Waals surface area contributed by atoms with Crippen molar-refractivity contribution in [1.29, 1.82) is 5.26 Å². The lowest BCUT2D eigenvalue weighted by molar-refractivity contribution is 0.144. The van der Waals surface area contributed by atoms with Gasteiger partial charge in [0.2, 0.25) is 0 Å². The topological polar surface area (TPSA) is 118 Å². The third kappa shape index (κ3) is 4.24. The zero-order valence-electron chi connectivity index (χ0n) is 17.0. The fraction of sp³-hybridized carbons (Fsp3) is 0.182. The molecule has 0 spiro atoms. The van der Waals surface area contributed by atoms with Crippen molar-refractivity contribution in [2.24, 2.45) is 0 Å². The van der Waals surface area contributed by atoms with Gasteiger partial charge in [0.05, 0.1) is 25.0 Å². The van der Waals surface area contributed by atoms with Crippen molar-refractivity contribution in [2.45, 2.75) is 0 Å². The van der Waals surface area contributed by atoms with Crippen molar-refractivity contribution in [3.63, 3.8) is 0 Å². The number of ether oxygens (including phenoxy) is 3. The van der Waals surface area contributed by atoms with E-state index in [1.807, 2.05) is 36.4 Å². The minimum atomic E-state index is 0.385.